The van der Waals surface area contributed by atoms with Crippen LogP contribution in [0.1, 0.15) is 17.2 Å². The summed E-state index contributed by atoms with van der Waals surface area (Å²) in [7, 11) is 0. The number of aryl methyl sites for hydroxylation is 1. The molecule has 0 radical (unpaired) electrons. The Labute approximate surface area is 88.3 Å². The zero-order valence-electron chi connectivity index (χ0n) is 8.68. The molecule has 0 bridgehead atoms. The molecule has 82 valence electrons. The van der Waals surface area contributed by atoms with E-state index in [0.717, 1.165) is 25.2 Å². The Bertz CT molecular complexity index is 362. The number of piperazine rings is 1. The van der Waals surface area contributed by atoms with Gasteiger partial charge < -0.3 is 15.7 Å². The predicted molar refractivity (Wildman–Crippen MR) is 56.4 cm³/mol. The number of hydrogen-bond donors (Lipinski definition) is 3. The van der Waals surface area contributed by atoms with Crippen molar-refractivity contribution in [3.8, 4) is 5.75 Å². The molecule has 1 saturated heterocycles. The van der Waals surface area contributed by atoms with E-state index in [9.17, 15) is 9.50 Å². The van der Waals surface area contributed by atoms with Gasteiger partial charge in [0, 0.05) is 31.2 Å². The third-order valence-electron chi connectivity index (χ3n) is 2.65. The van der Waals surface area contributed by atoms with Crippen LogP contribution in [0.2, 0.25) is 0 Å². The van der Waals surface area contributed by atoms with Crippen molar-refractivity contribution in [2.24, 2.45) is 0 Å². The van der Waals surface area contributed by atoms with E-state index >= 15 is 0 Å². The van der Waals surface area contributed by atoms with Crippen LogP contribution in [-0.4, -0.2) is 24.7 Å². The lowest BCUT2D eigenvalue weighted by Gasteiger charge is -2.25. The molecule has 0 aliphatic carbocycles. The van der Waals surface area contributed by atoms with Crippen molar-refractivity contribution in [1.29, 1.82) is 0 Å². The summed E-state index contributed by atoms with van der Waals surface area (Å²) in [5.41, 5.74) is 1.47. The van der Waals surface area contributed by atoms with Gasteiger partial charge in [0.25, 0.3) is 0 Å². The third kappa shape index (κ3) is 2.11. The molecule has 1 fully saturated rings. The number of nitrogens with one attached hydrogen (secondary N) is 2. The smallest absolute Gasteiger partial charge is 0.165 e. The average Bonchev–Trinajstić information content (AvgIpc) is 2.24. The lowest BCUT2D eigenvalue weighted by molar-refractivity contribution is 0.387. The van der Waals surface area contributed by atoms with Gasteiger partial charge in [-0.3, -0.25) is 0 Å². The fourth-order valence-corrected chi connectivity index (χ4v) is 1.90. The second kappa shape index (κ2) is 4.16. The van der Waals surface area contributed by atoms with E-state index in [0.29, 0.717) is 5.56 Å². The first-order valence-electron chi connectivity index (χ1n) is 5.11. The monoisotopic (exact) mass is 210 g/mol. The molecule has 1 aliphatic rings. The van der Waals surface area contributed by atoms with Crippen molar-refractivity contribution < 1.29 is 9.50 Å². The summed E-state index contributed by atoms with van der Waals surface area (Å²) in [5.74, 6) is -0.779. The molecule has 15 heavy (non-hydrogen) atoms. The maximum absolute atomic E-state index is 13.3. The van der Waals surface area contributed by atoms with Gasteiger partial charge in [-0.05, 0) is 18.6 Å². The van der Waals surface area contributed by atoms with Gasteiger partial charge >= 0.3 is 0 Å². The Morgan fingerprint density at radius 1 is 1.40 bits per heavy atom. The normalized spacial score (nSPS) is 21.6. The first-order chi connectivity index (χ1) is 7.18. The number of aromatic hydroxyl groups is 1. The van der Waals surface area contributed by atoms with Crippen LogP contribution in [0, 0.1) is 12.7 Å². The van der Waals surface area contributed by atoms with Crippen LogP contribution in [0.15, 0.2) is 12.1 Å². The summed E-state index contributed by atoms with van der Waals surface area (Å²) < 4.78 is 13.3. The second-order valence-corrected chi connectivity index (χ2v) is 3.90. The Morgan fingerprint density at radius 2 is 2.20 bits per heavy atom. The minimum absolute atomic E-state index is 0.00634. The molecule has 3 nitrogen and oxygen atoms in total. The fraction of sp³-hybridized carbons (Fsp3) is 0.455. The van der Waals surface area contributed by atoms with E-state index in [1.807, 2.05) is 13.0 Å². The van der Waals surface area contributed by atoms with E-state index in [2.05, 4.69) is 10.6 Å². The Balaban J connectivity index is 2.33. The highest BCUT2D eigenvalue weighted by atomic mass is 19.1. The number of hydrogen-bond acceptors (Lipinski definition) is 3. The van der Waals surface area contributed by atoms with E-state index in [1.165, 1.54) is 6.07 Å². The minimum Gasteiger partial charge on any atom is -0.505 e. The van der Waals surface area contributed by atoms with Crippen molar-refractivity contribution in [3.05, 3.63) is 29.1 Å². The molecule has 0 aromatic heterocycles. The van der Waals surface area contributed by atoms with Gasteiger partial charge in [-0.1, -0.05) is 6.07 Å². The highest BCUT2D eigenvalue weighted by Crippen LogP contribution is 2.28. The molecular weight excluding hydrogens is 195 g/mol. The lowest BCUT2D eigenvalue weighted by Crippen LogP contribution is -2.42. The zero-order chi connectivity index (χ0) is 10.8. The molecule has 3 N–H and O–H groups in total. The van der Waals surface area contributed by atoms with Gasteiger partial charge in [0.1, 0.15) is 0 Å². The van der Waals surface area contributed by atoms with Crippen molar-refractivity contribution in [1.82, 2.24) is 10.6 Å². The van der Waals surface area contributed by atoms with Gasteiger partial charge in [0.2, 0.25) is 0 Å². The van der Waals surface area contributed by atoms with Crippen LogP contribution in [0.3, 0.4) is 0 Å². The summed E-state index contributed by atoms with van der Waals surface area (Å²) >= 11 is 0. The van der Waals surface area contributed by atoms with Crippen molar-refractivity contribution in [2.45, 2.75) is 13.0 Å². The summed E-state index contributed by atoms with van der Waals surface area (Å²) in [6.45, 7) is 4.28. The molecule has 1 aromatic rings. The van der Waals surface area contributed by atoms with Gasteiger partial charge in [0.05, 0.1) is 0 Å². The standard InChI is InChI=1S/C11H15FN2O/c1-7-4-8(11(15)9(12)5-7)10-6-13-2-3-14-10/h4-5,10,13-15H,2-3,6H2,1H3/t10-/m0/s1. The van der Waals surface area contributed by atoms with Crippen LogP contribution in [0.5, 0.6) is 5.75 Å². The Kier molecular flexibility index (Phi) is 2.88. The zero-order valence-corrected chi connectivity index (χ0v) is 8.68. The van der Waals surface area contributed by atoms with Crippen LogP contribution < -0.4 is 10.6 Å². The SMILES string of the molecule is Cc1cc(F)c(O)c([C@@H]2CNCCN2)c1. The summed E-state index contributed by atoms with van der Waals surface area (Å²) in [4.78, 5) is 0. The molecule has 0 unspecified atom stereocenters. The molecule has 0 spiro atoms. The molecule has 0 amide bonds. The molecular formula is C11H15FN2O. The fourth-order valence-electron chi connectivity index (χ4n) is 1.90. The average molecular weight is 210 g/mol. The van der Waals surface area contributed by atoms with Gasteiger partial charge in [0.15, 0.2) is 11.6 Å². The largest absolute Gasteiger partial charge is 0.505 e. The summed E-state index contributed by atoms with van der Waals surface area (Å²) in [6, 6.07) is 3.16. The third-order valence-corrected chi connectivity index (χ3v) is 2.65. The molecule has 2 rings (SSSR count). The maximum Gasteiger partial charge on any atom is 0.165 e. The first-order valence-corrected chi connectivity index (χ1v) is 5.11. The van der Waals surface area contributed by atoms with Gasteiger partial charge in [-0.25, -0.2) is 4.39 Å². The number of halogens is 1. The second-order valence-electron chi connectivity index (χ2n) is 3.90. The maximum atomic E-state index is 13.3. The lowest BCUT2D eigenvalue weighted by atomic mass is 10.0. The summed E-state index contributed by atoms with van der Waals surface area (Å²) in [5, 5.41) is 16.1. The molecule has 0 saturated carbocycles. The van der Waals surface area contributed by atoms with E-state index in [-0.39, 0.29) is 11.8 Å². The van der Waals surface area contributed by atoms with Crippen LogP contribution >= 0.6 is 0 Å². The molecule has 1 aromatic carbocycles. The van der Waals surface area contributed by atoms with E-state index < -0.39 is 5.82 Å². The van der Waals surface area contributed by atoms with Crippen molar-refractivity contribution >= 4 is 0 Å². The quantitative estimate of drug-likeness (QED) is 0.649. The van der Waals surface area contributed by atoms with E-state index in [1.54, 1.807) is 0 Å². The molecule has 1 atom stereocenters. The Hall–Kier alpha value is -1.13. The first kappa shape index (κ1) is 10.4. The van der Waals surface area contributed by atoms with Crippen LogP contribution in [0.25, 0.3) is 0 Å². The molecule has 1 aliphatic heterocycles. The molecule has 1 heterocycles. The predicted octanol–water partition coefficient (Wildman–Crippen LogP) is 1.07. The van der Waals surface area contributed by atoms with Gasteiger partial charge in [-0.2, -0.15) is 0 Å². The number of phenolic OH excluding ortho intramolecular Hbond substituents is 1. The minimum atomic E-state index is -0.544. The molecule has 4 heteroatoms. The van der Waals surface area contributed by atoms with Crippen LogP contribution in [0.4, 0.5) is 4.39 Å². The van der Waals surface area contributed by atoms with Gasteiger partial charge in [-0.15, -0.1) is 0 Å². The summed E-state index contributed by atoms with van der Waals surface area (Å²) in [6.07, 6.45) is 0. The highest BCUT2D eigenvalue weighted by Gasteiger charge is 2.19. The van der Waals surface area contributed by atoms with Crippen molar-refractivity contribution in [2.75, 3.05) is 19.6 Å². The topological polar surface area (TPSA) is 44.3 Å². The highest BCUT2D eigenvalue weighted by molar-refractivity contribution is 5.39. The number of rotatable bonds is 1. The Morgan fingerprint density at radius 3 is 2.87 bits per heavy atom. The van der Waals surface area contributed by atoms with Crippen LogP contribution in [-0.2, 0) is 0 Å². The number of benzene rings is 1. The van der Waals surface area contributed by atoms with Crippen molar-refractivity contribution in [3.63, 3.8) is 0 Å². The number of phenols is 1. The van der Waals surface area contributed by atoms with E-state index in [4.69, 9.17) is 0 Å².